The molecular weight excluding hydrogens is 572 g/mol. The Kier molecular flexibility index (Phi) is 8.16. The molecule has 1 aliphatic rings. The number of sulfone groups is 1. The quantitative estimate of drug-likeness (QED) is 0.412. The number of rotatable bonds is 7. The molecule has 0 saturated heterocycles. The molecule has 3 amide bonds. The maximum absolute atomic E-state index is 14.0. The number of hydrogen-bond acceptors (Lipinski definition) is 5. The van der Waals surface area contributed by atoms with Crippen LogP contribution >= 0.6 is 0 Å². The lowest BCUT2D eigenvalue weighted by Gasteiger charge is -2.38. The van der Waals surface area contributed by atoms with Crippen molar-refractivity contribution in [2.75, 3.05) is 18.1 Å². The number of carbonyl (C=O) groups excluding carboxylic acids is 2. The Balaban J connectivity index is 1.94. The fourth-order valence-corrected chi connectivity index (χ4v) is 5.18. The molecule has 40 heavy (non-hydrogen) atoms. The van der Waals surface area contributed by atoms with Crippen molar-refractivity contribution in [2.45, 2.75) is 48.6 Å². The van der Waals surface area contributed by atoms with E-state index in [-0.39, 0.29) is 28.3 Å². The van der Waals surface area contributed by atoms with Crippen LogP contribution in [-0.4, -0.2) is 61.5 Å². The highest BCUT2D eigenvalue weighted by Crippen LogP contribution is 2.54. The molecule has 1 atom stereocenters. The van der Waals surface area contributed by atoms with Crippen LogP contribution in [0.3, 0.4) is 0 Å². The van der Waals surface area contributed by atoms with E-state index in [1.165, 1.54) is 18.2 Å². The van der Waals surface area contributed by atoms with E-state index in [9.17, 15) is 54.3 Å². The third-order valence-corrected chi connectivity index (χ3v) is 7.58. The molecule has 1 heterocycles. The molecule has 218 valence electrons. The van der Waals surface area contributed by atoms with Crippen LogP contribution in [0.1, 0.15) is 36.1 Å². The minimum Gasteiger partial charge on any atom is -0.465 e. The van der Waals surface area contributed by atoms with Gasteiger partial charge in [0.2, 0.25) is 5.91 Å². The van der Waals surface area contributed by atoms with Crippen LogP contribution in [0.25, 0.3) is 0 Å². The lowest BCUT2D eigenvalue weighted by molar-refractivity contribution is -0.305. The zero-order valence-corrected chi connectivity index (χ0v) is 21.7. The average Bonchev–Trinajstić information content (AvgIpc) is 3.19. The lowest BCUT2D eigenvalue weighted by Crippen LogP contribution is -2.55. The van der Waals surface area contributed by atoms with Crippen LogP contribution in [0.5, 0.6) is 0 Å². The van der Waals surface area contributed by atoms with Crippen molar-refractivity contribution in [3.05, 3.63) is 59.2 Å². The van der Waals surface area contributed by atoms with E-state index in [0.717, 1.165) is 25.3 Å². The van der Waals surface area contributed by atoms with Crippen LogP contribution in [0.15, 0.2) is 47.4 Å². The number of alkyl halides is 6. The second-order valence-corrected chi connectivity index (χ2v) is 11.2. The van der Waals surface area contributed by atoms with Crippen LogP contribution in [0.4, 0.5) is 36.8 Å². The monoisotopic (exact) mass is 595 g/mol. The number of halogens is 6. The predicted octanol–water partition coefficient (Wildman–Crippen LogP) is 4.15. The Morgan fingerprint density at radius 3 is 2.05 bits per heavy atom. The topological polar surface area (TPSA) is 133 Å². The fourth-order valence-electron chi connectivity index (χ4n) is 4.51. The van der Waals surface area contributed by atoms with Crippen molar-refractivity contribution < 1.29 is 54.3 Å². The molecule has 9 nitrogen and oxygen atoms in total. The summed E-state index contributed by atoms with van der Waals surface area (Å²) < 4.78 is 107. The van der Waals surface area contributed by atoms with Gasteiger partial charge in [-0.2, -0.15) is 26.3 Å². The van der Waals surface area contributed by atoms with Gasteiger partial charge in [0.25, 0.3) is 5.91 Å². The Bertz CT molecular complexity index is 1410. The predicted molar refractivity (Wildman–Crippen MR) is 128 cm³/mol. The first kappa shape index (κ1) is 30.7. The molecule has 0 bridgehead atoms. The summed E-state index contributed by atoms with van der Waals surface area (Å²) in [5.41, 5.74) is -5.33. The summed E-state index contributed by atoms with van der Waals surface area (Å²) in [5.74, 6) is -1.78. The fraction of sp³-hybridized carbons (Fsp3) is 0.375. The van der Waals surface area contributed by atoms with E-state index in [4.69, 9.17) is 0 Å². The van der Waals surface area contributed by atoms with Gasteiger partial charge in [-0.25, -0.2) is 13.2 Å². The molecule has 2 aromatic carbocycles. The van der Waals surface area contributed by atoms with Gasteiger partial charge in [-0.05, 0) is 47.4 Å². The van der Waals surface area contributed by atoms with Gasteiger partial charge >= 0.3 is 18.4 Å². The van der Waals surface area contributed by atoms with Crippen molar-refractivity contribution in [1.29, 1.82) is 0 Å². The summed E-state index contributed by atoms with van der Waals surface area (Å²) in [7, 11) is -3.64. The highest BCUT2D eigenvalue weighted by Gasteiger charge is 2.71. The summed E-state index contributed by atoms with van der Waals surface area (Å²) in [4.78, 5) is 36.5. The zero-order valence-electron chi connectivity index (χ0n) is 20.9. The molecule has 0 fully saturated rings. The van der Waals surface area contributed by atoms with Gasteiger partial charge in [-0.1, -0.05) is 18.2 Å². The van der Waals surface area contributed by atoms with Gasteiger partial charge in [0.15, 0.2) is 15.3 Å². The van der Waals surface area contributed by atoms with Gasteiger partial charge in [-0.3, -0.25) is 14.5 Å². The summed E-state index contributed by atoms with van der Waals surface area (Å²) in [6.07, 6.45) is -13.7. The van der Waals surface area contributed by atoms with Crippen molar-refractivity contribution in [3.8, 4) is 0 Å². The minimum atomic E-state index is -5.80. The first-order chi connectivity index (χ1) is 18.3. The number of benzene rings is 2. The van der Waals surface area contributed by atoms with Gasteiger partial charge in [-0.15, -0.1) is 0 Å². The van der Waals surface area contributed by atoms with E-state index in [2.05, 4.69) is 5.32 Å². The highest BCUT2D eigenvalue weighted by molar-refractivity contribution is 7.90. The molecular formula is C24H23F6N3O6S. The molecule has 16 heteroatoms. The molecule has 0 radical (unpaired) electrons. The van der Waals surface area contributed by atoms with Crippen molar-refractivity contribution >= 4 is 33.4 Å². The number of hydrogen-bond donors (Lipinski definition) is 3. The highest BCUT2D eigenvalue weighted by atomic mass is 32.2. The van der Waals surface area contributed by atoms with E-state index in [1.54, 1.807) is 0 Å². The Labute approximate surface area is 224 Å². The Hall–Kier alpha value is -3.82. The summed E-state index contributed by atoms with van der Waals surface area (Å²) >= 11 is 0. The van der Waals surface area contributed by atoms with E-state index < -0.39 is 70.1 Å². The van der Waals surface area contributed by atoms with Gasteiger partial charge < -0.3 is 15.7 Å². The third kappa shape index (κ3) is 5.85. The first-order valence-corrected chi connectivity index (χ1v) is 13.3. The molecule has 3 rings (SSSR count). The van der Waals surface area contributed by atoms with Gasteiger partial charge in [0, 0.05) is 25.4 Å². The number of nitrogens with one attached hydrogen (secondary N) is 2. The molecule has 1 aliphatic heterocycles. The third-order valence-electron chi connectivity index (χ3n) is 6.47. The average molecular weight is 596 g/mol. The standard InChI is InChI=1S/C24H23F6N3O6S/c1-13(34)31-10-9-22(23(25,26)27,24(28,29)30)15-3-5-16(6-4-15)32-20(35)19-18-8-7-17(40(2,38)39)11-14(18)12-33(19)21(36)37/h3-8,11,19H,9-10,12H2,1-2H3,(H,31,34)(H,32,35)(H,36,37). The Morgan fingerprint density at radius 2 is 1.57 bits per heavy atom. The number of anilines is 1. The minimum absolute atomic E-state index is 0.107. The molecule has 0 saturated carbocycles. The van der Waals surface area contributed by atoms with Gasteiger partial charge in [0.05, 0.1) is 11.4 Å². The largest absolute Gasteiger partial charge is 0.465 e. The second kappa shape index (κ2) is 10.6. The molecule has 3 N–H and O–H groups in total. The van der Waals surface area contributed by atoms with Gasteiger partial charge in [0.1, 0.15) is 6.04 Å². The number of amides is 3. The number of nitrogens with zero attached hydrogens (tertiary/aromatic N) is 1. The summed E-state index contributed by atoms with van der Waals surface area (Å²) in [6, 6.07) is 4.90. The summed E-state index contributed by atoms with van der Waals surface area (Å²) in [6.45, 7) is -0.307. The smallest absolute Gasteiger partial charge is 0.408 e. The summed E-state index contributed by atoms with van der Waals surface area (Å²) in [5, 5.41) is 13.8. The van der Waals surface area contributed by atoms with Crippen LogP contribution in [0.2, 0.25) is 0 Å². The van der Waals surface area contributed by atoms with E-state index in [1.807, 2.05) is 5.32 Å². The zero-order chi connectivity index (χ0) is 30.3. The maximum Gasteiger partial charge on any atom is 0.408 e. The maximum atomic E-state index is 14.0. The molecule has 0 aliphatic carbocycles. The van der Waals surface area contributed by atoms with Crippen molar-refractivity contribution in [1.82, 2.24) is 10.2 Å². The normalized spacial score (nSPS) is 15.9. The van der Waals surface area contributed by atoms with Crippen molar-refractivity contribution in [2.24, 2.45) is 0 Å². The van der Waals surface area contributed by atoms with E-state index >= 15 is 0 Å². The Morgan fingerprint density at radius 1 is 1.00 bits per heavy atom. The molecule has 0 aromatic heterocycles. The second-order valence-electron chi connectivity index (χ2n) is 9.15. The van der Waals surface area contributed by atoms with Crippen LogP contribution < -0.4 is 10.6 Å². The number of carbonyl (C=O) groups is 3. The number of carboxylic acid groups (broad SMARTS) is 1. The lowest BCUT2D eigenvalue weighted by atomic mass is 9.75. The molecule has 1 unspecified atom stereocenters. The first-order valence-electron chi connectivity index (χ1n) is 11.4. The van der Waals surface area contributed by atoms with Crippen LogP contribution in [-0.2, 0) is 31.4 Å². The molecule has 2 aromatic rings. The van der Waals surface area contributed by atoms with E-state index in [0.29, 0.717) is 17.0 Å². The van der Waals surface area contributed by atoms with Crippen molar-refractivity contribution in [3.63, 3.8) is 0 Å². The van der Waals surface area contributed by atoms with Crippen LogP contribution in [0, 0.1) is 0 Å². The number of fused-ring (bicyclic) bond motifs is 1. The molecule has 0 spiro atoms. The SMILES string of the molecule is CC(=O)NCCC(c1ccc(NC(=O)C2c3ccc(S(C)(=O)=O)cc3CN2C(=O)O)cc1)(C(F)(F)F)C(F)(F)F.